The van der Waals surface area contributed by atoms with Crippen molar-refractivity contribution >= 4 is 17.5 Å². The van der Waals surface area contributed by atoms with Crippen LogP contribution in [0.3, 0.4) is 0 Å². The van der Waals surface area contributed by atoms with Crippen molar-refractivity contribution in [2.24, 2.45) is 5.41 Å². The quantitative estimate of drug-likeness (QED) is 0.446. The molecule has 0 atom stereocenters. The Morgan fingerprint density at radius 2 is 1.40 bits per heavy atom. The summed E-state index contributed by atoms with van der Waals surface area (Å²) < 4.78 is 5.36. The second kappa shape index (κ2) is 10.6. The van der Waals surface area contributed by atoms with Crippen LogP contribution in [-0.2, 0) is 13.1 Å². The number of aromatic nitrogens is 1. The number of rotatable bonds is 4. The van der Waals surface area contributed by atoms with Gasteiger partial charge in [-0.15, -0.1) is 0 Å². The first kappa shape index (κ1) is 26.4. The van der Waals surface area contributed by atoms with E-state index in [-0.39, 0.29) is 11.8 Å². The Bertz CT molecular complexity index is 1400. The number of piperidine rings is 2. The molecular formula is C33H38N4O3. The number of hydrogen-bond donors (Lipinski definition) is 0. The van der Waals surface area contributed by atoms with Gasteiger partial charge in [-0.05, 0) is 104 Å². The van der Waals surface area contributed by atoms with Crippen molar-refractivity contribution in [2.45, 2.75) is 52.6 Å². The van der Waals surface area contributed by atoms with E-state index in [0.29, 0.717) is 18.5 Å². The van der Waals surface area contributed by atoms with E-state index in [1.54, 1.807) is 7.11 Å². The highest BCUT2D eigenvalue weighted by molar-refractivity contribution is 5.98. The molecule has 4 heterocycles. The van der Waals surface area contributed by atoms with Crippen molar-refractivity contribution in [2.75, 3.05) is 38.2 Å². The zero-order valence-corrected chi connectivity index (χ0v) is 23.8. The lowest BCUT2D eigenvalue weighted by Gasteiger charge is -2.47. The zero-order chi connectivity index (χ0) is 27.9. The Kier molecular flexibility index (Phi) is 6.99. The summed E-state index contributed by atoms with van der Waals surface area (Å²) in [5, 5.41) is 0. The fourth-order valence-electron chi connectivity index (χ4n) is 6.87. The summed E-state index contributed by atoms with van der Waals surface area (Å²) in [4.78, 5) is 37.5. The van der Waals surface area contributed by atoms with Crippen molar-refractivity contribution < 1.29 is 14.3 Å². The number of aryl methyl sites for hydroxylation is 2. The number of methoxy groups -OCH3 is 1. The largest absolute Gasteiger partial charge is 0.497 e. The average Bonchev–Trinajstić information content (AvgIpc) is 3.41. The van der Waals surface area contributed by atoms with Crippen molar-refractivity contribution in [3.8, 4) is 5.75 Å². The summed E-state index contributed by atoms with van der Waals surface area (Å²) in [5.74, 6) is 0.898. The Morgan fingerprint density at radius 3 is 2.05 bits per heavy atom. The van der Waals surface area contributed by atoms with Crippen LogP contribution in [-0.4, -0.2) is 59.9 Å². The highest BCUT2D eigenvalue weighted by atomic mass is 16.5. The van der Waals surface area contributed by atoms with E-state index in [9.17, 15) is 9.59 Å². The molecule has 7 nitrogen and oxygen atoms in total. The third-order valence-electron chi connectivity index (χ3n) is 9.38. The lowest BCUT2D eigenvalue weighted by Crippen LogP contribution is -2.48. The van der Waals surface area contributed by atoms with Gasteiger partial charge in [0.1, 0.15) is 5.75 Å². The molecule has 2 saturated heterocycles. The second-order valence-corrected chi connectivity index (χ2v) is 11.8. The molecule has 3 aromatic rings. The Hall–Kier alpha value is -3.87. The number of anilines is 1. The molecular weight excluding hydrogens is 500 g/mol. The number of likely N-dealkylation sites (tertiary alicyclic amines) is 1. The maximum atomic E-state index is 13.5. The number of fused-ring (bicyclic) bond motifs is 1. The molecule has 0 saturated carbocycles. The van der Waals surface area contributed by atoms with Gasteiger partial charge in [0.25, 0.3) is 11.8 Å². The normalized spacial score (nSPS) is 18.1. The molecule has 2 fully saturated rings. The van der Waals surface area contributed by atoms with Crippen molar-refractivity contribution in [1.29, 1.82) is 0 Å². The van der Waals surface area contributed by atoms with E-state index < -0.39 is 0 Å². The average molecular weight is 539 g/mol. The number of hydrogen-bond acceptors (Lipinski definition) is 5. The Morgan fingerprint density at radius 1 is 0.775 bits per heavy atom. The number of ether oxygens (including phenoxy) is 1. The van der Waals surface area contributed by atoms with Gasteiger partial charge in [-0.1, -0.05) is 6.07 Å². The van der Waals surface area contributed by atoms with Crippen molar-refractivity contribution in [3.05, 3.63) is 88.2 Å². The molecule has 6 rings (SSSR count). The molecule has 0 aliphatic carbocycles. The van der Waals surface area contributed by atoms with Gasteiger partial charge < -0.3 is 19.4 Å². The molecule has 7 heteroatoms. The van der Waals surface area contributed by atoms with Gasteiger partial charge in [-0.3, -0.25) is 14.6 Å². The summed E-state index contributed by atoms with van der Waals surface area (Å²) in [6.07, 6.45) is 8.20. The van der Waals surface area contributed by atoms with Gasteiger partial charge in [-0.25, -0.2) is 0 Å². The minimum atomic E-state index is 0.0260. The fraction of sp³-hybridized carbons (Fsp3) is 0.424. The third kappa shape index (κ3) is 4.93. The van der Waals surface area contributed by atoms with Crippen LogP contribution in [0, 0.1) is 19.3 Å². The zero-order valence-electron chi connectivity index (χ0n) is 23.8. The van der Waals surface area contributed by atoms with Crippen LogP contribution in [0.2, 0.25) is 0 Å². The van der Waals surface area contributed by atoms with Crippen LogP contribution >= 0.6 is 0 Å². The van der Waals surface area contributed by atoms with Gasteiger partial charge in [0.2, 0.25) is 0 Å². The highest BCUT2D eigenvalue weighted by Gasteiger charge is 2.39. The molecule has 0 radical (unpaired) electrons. The fourth-order valence-corrected chi connectivity index (χ4v) is 6.87. The van der Waals surface area contributed by atoms with Gasteiger partial charge in [0.05, 0.1) is 7.11 Å². The first-order valence-corrected chi connectivity index (χ1v) is 14.4. The number of nitrogens with zero attached hydrogens (tertiary/aromatic N) is 4. The summed E-state index contributed by atoms with van der Waals surface area (Å²) in [7, 11) is 1.64. The molecule has 3 aliphatic rings. The lowest BCUT2D eigenvalue weighted by molar-refractivity contribution is 0.0515. The number of pyridine rings is 1. The minimum Gasteiger partial charge on any atom is -0.497 e. The molecule has 40 heavy (non-hydrogen) atoms. The number of carbonyl (C=O) groups excluding carboxylic acids is 2. The van der Waals surface area contributed by atoms with Gasteiger partial charge in [-0.2, -0.15) is 0 Å². The molecule has 3 aliphatic heterocycles. The summed E-state index contributed by atoms with van der Waals surface area (Å²) >= 11 is 0. The first-order valence-electron chi connectivity index (χ1n) is 14.4. The smallest absolute Gasteiger partial charge is 0.254 e. The van der Waals surface area contributed by atoms with E-state index in [1.165, 1.54) is 18.5 Å². The second-order valence-electron chi connectivity index (χ2n) is 11.8. The molecule has 1 spiro atoms. The van der Waals surface area contributed by atoms with E-state index in [0.717, 1.165) is 78.2 Å². The predicted molar refractivity (Wildman–Crippen MR) is 156 cm³/mol. The maximum absolute atomic E-state index is 13.5. The van der Waals surface area contributed by atoms with Crippen molar-refractivity contribution in [1.82, 2.24) is 14.8 Å². The van der Waals surface area contributed by atoms with E-state index in [1.807, 2.05) is 66.4 Å². The van der Waals surface area contributed by atoms with Crippen LogP contribution in [0.1, 0.15) is 68.7 Å². The molecule has 0 unspecified atom stereocenters. The minimum absolute atomic E-state index is 0.0260. The summed E-state index contributed by atoms with van der Waals surface area (Å²) in [6.45, 7) is 8.75. The topological polar surface area (TPSA) is 66.0 Å². The molecule has 1 aromatic heterocycles. The number of benzene rings is 2. The van der Waals surface area contributed by atoms with Crippen LogP contribution in [0.4, 0.5) is 5.69 Å². The molecule has 208 valence electrons. The van der Waals surface area contributed by atoms with Crippen LogP contribution in [0.5, 0.6) is 5.75 Å². The van der Waals surface area contributed by atoms with Gasteiger partial charge in [0.15, 0.2) is 0 Å². The van der Waals surface area contributed by atoms with E-state index in [4.69, 9.17) is 4.74 Å². The maximum Gasteiger partial charge on any atom is 0.254 e. The standard InChI is InChI=1S/C33H38N4O3/c1-23-18-29(40-3)19-24(2)30(23)32(39)37-21-26-5-4-25(20-27(26)22-37)31(38)36-16-10-33(11-17-36)8-14-35(15-9-33)28-6-12-34-13-7-28/h4-7,12-13,18-20H,8-11,14-17,21-22H2,1-3H3. The monoisotopic (exact) mass is 538 g/mol. The highest BCUT2D eigenvalue weighted by Crippen LogP contribution is 2.42. The molecule has 0 bridgehead atoms. The van der Waals surface area contributed by atoms with Gasteiger partial charge >= 0.3 is 0 Å². The van der Waals surface area contributed by atoms with Crippen LogP contribution < -0.4 is 9.64 Å². The van der Waals surface area contributed by atoms with Crippen LogP contribution in [0.15, 0.2) is 54.9 Å². The van der Waals surface area contributed by atoms with E-state index >= 15 is 0 Å². The third-order valence-corrected chi connectivity index (χ3v) is 9.38. The first-order chi connectivity index (χ1) is 19.4. The SMILES string of the molecule is COc1cc(C)c(C(=O)N2Cc3ccc(C(=O)N4CCC5(CC4)CCN(c4ccncc4)CC5)cc3C2)c(C)c1. The predicted octanol–water partition coefficient (Wildman–Crippen LogP) is 5.39. The number of carbonyl (C=O) groups is 2. The summed E-state index contributed by atoms with van der Waals surface area (Å²) in [6, 6.07) is 14.0. The Labute approximate surface area is 236 Å². The Balaban J connectivity index is 1.07. The molecule has 0 N–H and O–H groups in total. The lowest BCUT2D eigenvalue weighted by atomic mass is 9.71. The number of amides is 2. The summed E-state index contributed by atoms with van der Waals surface area (Å²) in [5.41, 5.74) is 7.08. The van der Waals surface area contributed by atoms with E-state index in [2.05, 4.69) is 22.0 Å². The van der Waals surface area contributed by atoms with Crippen molar-refractivity contribution in [3.63, 3.8) is 0 Å². The van der Waals surface area contributed by atoms with Crippen LogP contribution in [0.25, 0.3) is 0 Å². The van der Waals surface area contributed by atoms with Gasteiger partial charge in [0, 0.05) is 68.5 Å². The molecule has 2 aromatic carbocycles. The molecule has 2 amide bonds.